The summed E-state index contributed by atoms with van der Waals surface area (Å²) in [6.07, 6.45) is 13.6. The van der Waals surface area contributed by atoms with Gasteiger partial charge in [-0.15, -0.1) is 0 Å². The Labute approximate surface area is 139 Å². The van der Waals surface area contributed by atoms with Crippen LogP contribution in [-0.4, -0.2) is 11.9 Å². The van der Waals surface area contributed by atoms with Crippen LogP contribution in [-0.2, 0) is 14.3 Å². The Bertz CT molecular complexity index is 561. The van der Waals surface area contributed by atoms with Crippen molar-refractivity contribution in [3.63, 3.8) is 0 Å². The molecule has 1 fully saturated rings. The summed E-state index contributed by atoms with van der Waals surface area (Å²) in [6, 6.07) is 0. The molecule has 23 heavy (non-hydrogen) atoms. The minimum Gasteiger partial charge on any atom is -0.393 e. The van der Waals surface area contributed by atoms with Crippen LogP contribution in [0.1, 0.15) is 72.1 Å². The lowest BCUT2D eigenvalue weighted by Crippen LogP contribution is -2.29. The highest BCUT2D eigenvalue weighted by Gasteiger charge is 2.49. The average Bonchev–Trinajstić information content (AvgIpc) is 2.72. The Balaban J connectivity index is 1.82. The first-order chi connectivity index (χ1) is 10.9. The molecule has 1 saturated heterocycles. The maximum Gasteiger partial charge on any atom is 0.320 e. The van der Waals surface area contributed by atoms with Gasteiger partial charge in [0.15, 0.2) is 0 Å². The third-order valence-electron chi connectivity index (χ3n) is 4.79. The molecule has 126 valence electrons. The topological polar surface area (TPSA) is 43.4 Å². The van der Waals surface area contributed by atoms with Crippen LogP contribution in [0.25, 0.3) is 0 Å². The molecule has 3 heteroatoms. The van der Waals surface area contributed by atoms with E-state index >= 15 is 0 Å². The average molecular weight is 316 g/mol. The highest BCUT2D eigenvalue weighted by Crippen LogP contribution is 2.45. The van der Waals surface area contributed by atoms with Crippen LogP contribution in [0.2, 0.25) is 0 Å². The molecule has 1 atom stereocenters. The molecule has 2 aliphatic rings. The van der Waals surface area contributed by atoms with Crippen LogP contribution >= 0.6 is 0 Å². The maximum atomic E-state index is 12.0. The monoisotopic (exact) mass is 316 g/mol. The standard InChI is InChI=1S/C20H28O3/c1-15(2)7-4-8-16(3)9-5-10-17-11-6-12-20(13-17)14-18(21)23-19(20)22/h7,9,11H,4-6,8,10,12-14H2,1-3H3/b16-9+. The second-order valence-electron chi connectivity index (χ2n) is 7.21. The van der Waals surface area contributed by atoms with Crippen molar-refractivity contribution in [1.29, 1.82) is 0 Å². The van der Waals surface area contributed by atoms with E-state index in [0.717, 1.165) is 38.5 Å². The predicted molar refractivity (Wildman–Crippen MR) is 91.7 cm³/mol. The number of carbonyl (C=O) groups excluding carboxylic acids is 2. The molecule has 1 unspecified atom stereocenters. The summed E-state index contributed by atoms with van der Waals surface area (Å²) in [4.78, 5) is 23.4. The van der Waals surface area contributed by atoms with E-state index in [1.165, 1.54) is 16.7 Å². The molecule has 1 aliphatic heterocycles. The molecule has 0 saturated carbocycles. The van der Waals surface area contributed by atoms with Crippen LogP contribution in [0.5, 0.6) is 0 Å². The van der Waals surface area contributed by atoms with E-state index in [9.17, 15) is 9.59 Å². The van der Waals surface area contributed by atoms with Gasteiger partial charge in [-0.2, -0.15) is 0 Å². The first kappa shape index (κ1) is 17.7. The van der Waals surface area contributed by atoms with Crippen molar-refractivity contribution in [1.82, 2.24) is 0 Å². The van der Waals surface area contributed by atoms with Crippen LogP contribution in [0.15, 0.2) is 34.9 Å². The number of hydrogen-bond acceptors (Lipinski definition) is 3. The predicted octanol–water partition coefficient (Wildman–Crippen LogP) is 5.03. The van der Waals surface area contributed by atoms with Crippen molar-refractivity contribution < 1.29 is 14.3 Å². The Hall–Kier alpha value is -1.64. The van der Waals surface area contributed by atoms with Gasteiger partial charge < -0.3 is 4.74 Å². The van der Waals surface area contributed by atoms with Gasteiger partial charge in [-0.25, -0.2) is 0 Å². The fraction of sp³-hybridized carbons (Fsp3) is 0.600. The molecular weight excluding hydrogens is 288 g/mol. The molecular formula is C20H28O3. The number of allylic oxidation sites excluding steroid dienone is 6. The highest BCUT2D eigenvalue weighted by atomic mass is 16.6. The molecule has 0 bridgehead atoms. The summed E-state index contributed by atoms with van der Waals surface area (Å²) in [6.45, 7) is 6.44. The molecule has 0 radical (unpaired) electrons. The zero-order valence-corrected chi connectivity index (χ0v) is 14.6. The molecule has 1 aliphatic carbocycles. The number of carbonyl (C=O) groups is 2. The quantitative estimate of drug-likeness (QED) is 0.392. The van der Waals surface area contributed by atoms with Crippen LogP contribution in [0.4, 0.5) is 0 Å². The van der Waals surface area contributed by atoms with E-state index in [2.05, 4.69) is 39.0 Å². The lowest BCUT2D eigenvalue weighted by molar-refractivity contribution is -0.155. The Morgan fingerprint density at radius 3 is 2.61 bits per heavy atom. The fourth-order valence-electron chi connectivity index (χ4n) is 3.45. The fourth-order valence-corrected chi connectivity index (χ4v) is 3.45. The lowest BCUT2D eigenvalue weighted by atomic mass is 9.72. The SMILES string of the molecule is CC(C)=CCC/C(C)=C/CCC1=CCCC2(CC(=O)OC2=O)C1. The summed E-state index contributed by atoms with van der Waals surface area (Å²) >= 11 is 0. The summed E-state index contributed by atoms with van der Waals surface area (Å²) in [7, 11) is 0. The Morgan fingerprint density at radius 2 is 1.96 bits per heavy atom. The second-order valence-corrected chi connectivity index (χ2v) is 7.21. The number of cyclic esters (lactones) is 2. The molecule has 3 nitrogen and oxygen atoms in total. The summed E-state index contributed by atoms with van der Waals surface area (Å²) in [5.41, 5.74) is 3.54. The van der Waals surface area contributed by atoms with Crippen molar-refractivity contribution in [2.24, 2.45) is 5.41 Å². The van der Waals surface area contributed by atoms with E-state index in [4.69, 9.17) is 4.74 Å². The zero-order valence-electron chi connectivity index (χ0n) is 14.6. The van der Waals surface area contributed by atoms with Gasteiger partial charge in [0, 0.05) is 0 Å². The molecule has 0 amide bonds. The third kappa shape index (κ3) is 4.92. The molecule has 1 heterocycles. The van der Waals surface area contributed by atoms with Gasteiger partial charge in [-0.05, 0) is 65.7 Å². The first-order valence-electron chi connectivity index (χ1n) is 8.63. The number of esters is 2. The van der Waals surface area contributed by atoms with Crippen molar-refractivity contribution >= 4 is 11.9 Å². The second kappa shape index (κ2) is 7.76. The molecule has 2 rings (SSSR count). The van der Waals surface area contributed by atoms with E-state index in [1.807, 2.05) is 0 Å². The largest absolute Gasteiger partial charge is 0.393 e. The highest BCUT2D eigenvalue weighted by molar-refractivity contribution is 5.97. The van der Waals surface area contributed by atoms with Crippen LogP contribution in [0.3, 0.4) is 0 Å². The first-order valence-corrected chi connectivity index (χ1v) is 8.63. The van der Waals surface area contributed by atoms with Gasteiger partial charge in [-0.1, -0.05) is 34.9 Å². The summed E-state index contributed by atoms with van der Waals surface area (Å²) in [5.74, 6) is -0.659. The third-order valence-corrected chi connectivity index (χ3v) is 4.79. The van der Waals surface area contributed by atoms with Crippen molar-refractivity contribution in [2.45, 2.75) is 72.1 Å². The van der Waals surface area contributed by atoms with Crippen LogP contribution in [0, 0.1) is 5.41 Å². The molecule has 0 N–H and O–H groups in total. The van der Waals surface area contributed by atoms with E-state index in [1.54, 1.807) is 0 Å². The minimum atomic E-state index is -0.552. The summed E-state index contributed by atoms with van der Waals surface area (Å²) in [5, 5.41) is 0. The van der Waals surface area contributed by atoms with E-state index < -0.39 is 5.41 Å². The molecule has 0 aromatic heterocycles. The van der Waals surface area contributed by atoms with E-state index in [0.29, 0.717) is 6.42 Å². The minimum absolute atomic E-state index is 0.265. The van der Waals surface area contributed by atoms with Gasteiger partial charge in [0.25, 0.3) is 0 Å². The normalized spacial score (nSPS) is 24.7. The van der Waals surface area contributed by atoms with Gasteiger partial charge >= 0.3 is 11.9 Å². The number of ether oxygens (including phenoxy) is 1. The van der Waals surface area contributed by atoms with E-state index in [-0.39, 0.29) is 18.4 Å². The van der Waals surface area contributed by atoms with Gasteiger partial charge in [0.2, 0.25) is 0 Å². The molecule has 0 aromatic carbocycles. The lowest BCUT2D eigenvalue weighted by Gasteiger charge is -2.28. The van der Waals surface area contributed by atoms with Gasteiger partial charge in [-0.3, -0.25) is 9.59 Å². The number of rotatable bonds is 6. The van der Waals surface area contributed by atoms with Crippen molar-refractivity contribution in [3.05, 3.63) is 34.9 Å². The summed E-state index contributed by atoms with van der Waals surface area (Å²) < 4.78 is 4.79. The Kier molecular flexibility index (Phi) is 5.97. The number of hydrogen-bond donors (Lipinski definition) is 0. The zero-order chi connectivity index (χ0) is 16.9. The maximum absolute atomic E-state index is 12.0. The molecule has 0 aromatic rings. The molecule has 1 spiro atoms. The smallest absolute Gasteiger partial charge is 0.320 e. The van der Waals surface area contributed by atoms with Crippen molar-refractivity contribution in [2.75, 3.05) is 0 Å². The van der Waals surface area contributed by atoms with Crippen LogP contribution < -0.4 is 0 Å². The Morgan fingerprint density at radius 1 is 1.17 bits per heavy atom. The van der Waals surface area contributed by atoms with Gasteiger partial charge in [0.05, 0.1) is 11.8 Å². The van der Waals surface area contributed by atoms with Gasteiger partial charge in [0.1, 0.15) is 0 Å². The van der Waals surface area contributed by atoms with Crippen molar-refractivity contribution in [3.8, 4) is 0 Å².